The second kappa shape index (κ2) is 10.2. The Morgan fingerprint density at radius 2 is 1.29 bits per heavy atom. The van der Waals surface area contributed by atoms with Crippen molar-refractivity contribution in [2.45, 2.75) is 25.2 Å². The Morgan fingerprint density at radius 1 is 0.733 bits per heavy atom. The van der Waals surface area contributed by atoms with Crippen LogP contribution in [0.5, 0.6) is 11.5 Å². The molecular formula is C37H30N2O6. The van der Waals surface area contributed by atoms with Crippen molar-refractivity contribution in [2.24, 2.45) is 17.8 Å². The number of hydrogen-bond donors (Lipinski definition) is 0. The summed E-state index contributed by atoms with van der Waals surface area (Å²) in [6.45, 7) is 1.98. The predicted octanol–water partition coefficient (Wildman–Crippen LogP) is 5.36. The van der Waals surface area contributed by atoms with E-state index in [0.717, 1.165) is 22.3 Å². The number of esters is 1. The molecule has 8 nitrogen and oxygen atoms in total. The van der Waals surface area contributed by atoms with Gasteiger partial charge in [-0.25, -0.2) is 4.90 Å². The number of hydrogen-bond acceptors (Lipinski definition) is 6. The molecule has 45 heavy (non-hydrogen) atoms. The van der Waals surface area contributed by atoms with Gasteiger partial charge in [-0.05, 0) is 65.1 Å². The van der Waals surface area contributed by atoms with Crippen LogP contribution in [0.3, 0.4) is 0 Å². The Bertz CT molecular complexity index is 1820. The first kappa shape index (κ1) is 27.3. The van der Waals surface area contributed by atoms with Crippen LogP contribution in [0.15, 0.2) is 91.0 Å². The van der Waals surface area contributed by atoms with Gasteiger partial charge >= 0.3 is 5.97 Å². The van der Waals surface area contributed by atoms with E-state index in [1.165, 1.54) is 12.0 Å². The van der Waals surface area contributed by atoms with Crippen LogP contribution in [0.1, 0.15) is 46.1 Å². The molecule has 2 aliphatic heterocycles. The monoisotopic (exact) mass is 598 g/mol. The van der Waals surface area contributed by atoms with Gasteiger partial charge in [0.15, 0.2) is 0 Å². The number of imide groups is 1. The fourth-order valence-corrected chi connectivity index (χ4v) is 8.01. The van der Waals surface area contributed by atoms with Gasteiger partial charge < -0.3 is 14.4 Å². The molecule has 0 unspecified atom stereocenters. The number of para-hydroxylation sites is 2. The Kier molecular flexibility index (Phi) is 6.17. The van der Waals surface area contributed by atoms with Gasteiger partial charge in [0.05, 0.1) is 36.2 Å². The molecule has 8 heteroatoms. The van der Waals surface area contributed by atoms with E-state index in [-0.39, 0.29) is 42.5 Å². The number of aryl methyl sites for hydroxylation is 1. The lowest BCUT2D eigenvalue weighted by molar-refractivity contribution is -0.139. The van der Waals surface area contributed by atoms with Crippen LogP contribution in [0, 0.1) is 24.7 Å². The fraction of sp³-hybridized carbons (Fsp3) is 0.243. The maximum absolute atomic E-state index is 14.1. The molecule has 0 aromatic heterocycles. The van der Waals surface area contributed by atoms with Crippen LogP contribution in [0.25, 0.3) is 0 Å². The minimum absolute atomic E-state index is 0.0284. The first-order valence-corrected chi connectivity index (χ1v) is 15.2. The normalized spacial score (nSPS) is 24.4. The first-order valence-electron chi connectivity index (χ1n) is 15.2. The van der Waals surface area contributed by atoms with Gasteiger partial charge in [-0.3, -0.25) is 19.2 Å². The third-order valence-electron chi connectivity index (χ3n) is 9.91. The smallest absolute Gasteiger partial charge is 0.316 e. The molecule has 4 aromatic rings. The lowest BCUT2D eigenvalue weighted by Gasteiger charge is -2.45. The van der Waals surface area contributed by atoms with Crippen LogP contribution >= 0.6 is 0 Å². The summed E-state index contributed by atoms with van der Waals surface area (Å²) in [4.78, 5) is 57.2. The van der Waals surface area contributed by atoms with Crippen molar-refractivity contribution in [1.29, 1.82) is 0 Å². The highest BCUT2D eigenvalue weighted by Gasteiger charge is 2.61. The molecule has 2 saturated heterocycles. The third kappa shape index (κ3) is 3.98. The highest BCUT2D eigenvalue weighted by Crippen LogP contribution is 2.61. The van der Waals surface area contributed by atoms with Crippen LogP contribution in [0.4, 0.5) is 11.4 Å². The van der Waals surface area contributed by atoms with Crippen molar-refractivity contribution in [1.82, 2.24) is 0 Å². The quantitative estimate of drug-likeness (QED) is 0.175. The molecule has 2 heterocycles. The zero-order chi connectivity index (χ0) is 31.0. The molecule has 2 fully saturated rings. The summed E-state index contributed by atoms with van der Waals surface area (Å²) < 4.78 is 11.1. The summed E-state index contributed by atoms with van der Waals surface area (Å²) in [6.07, 6.45) is 0.0284. The van der Waals surface area contributed by atoms with E-state index in [4.69, 9.17) is 9.47 Å². The zero-order valence-electron chi connectivity index (χ0n) is 24.8. The van der Waals surface area contributed by atoms with Crippen molar-refractivity contribution in [3.05, 3.63) is 119 Å². The van der Waals surface area contributed by atoms with E-state index in [1.807, 2.05) is 36.4 Å². The van der Waals surface area contributed by atoms with Crippen LogP contribution in [0.2, 0.25) is 0 Å². The van der Waals surface area contributed by atoms with Crippen molar-refractivity contribution in [3.8, 4) is 11.5 Å². The molecule has 3 amide bonds. The number of amides is 3. The molecule has 0 saturated carbocycles. The molecule has 3 atom stereocenters. The van der Waals surface area contributed by atoms with Crippen molar-refractivity contribution in [2.75, 3.05) is 23.5 Å². The van der Waals surface area contributed by atoms with E-state index in [0.29, 0.717) is 28.4 Å². The standard InChI is InChI=1S/C37H30N2O6/c1-20-17-22(45-37(43)21-18-30(40)38(19-21)28-13-7-8-14-29(28)44-2)15-16-27(20)39-35(41)33-31-23-9-3-4-10-24(23)32(34(33)36(39)42)26-12-6-5-11-25(26)31/h3-17,21,31-34H,18-19H2,1-2H3/t21-,31?,32?,33+,34+/m1/s1. The molecular weight excluding hydrogens is 568 g/mol. The molecule has 0 spiro atoms. The minimum atomic E-state index is -0.647. The number of ether oxygens (including phenoxy) is 2. The summed E-state index contributed by atoms with van der Waals surface area (Å²) in [5, 5.41) is 0. The number of benzene rings is 4. The van der Waals surface area contributed by atoms with Crippen molar-refractivity contribution >= 4 is 35.1 Å². The van der Waals surface area contributed by atoms with E-state index in [1.54, 1.807) is 42.2 Å². The molecule has 224 valence electrons. The van der Waals surface area contributed by atoms with Gasteiger partial charge in [0, 0.05) is 24.8 Å². The number of carbonyl (C=O) groups excluding carboxylic acids is 4. The van der Waals surface area contributed by atoms with Gasteiger partial charge in [0.1, 0.15) is 11.5 Å². The summed E-state index contributed by atoms with van der Waals surface area (Å²) in [7, 11) is 1.54. The minimum Gasteiger partial charge on any atom is -0.495 e. The van der Waals surface area contributed by atoms with Crippen LogP contribution in [-0.4, -0.2) is 37.3 Å². The lowest BCUT2D eigenvalue weighted by atomic mass is 9.55. The van der Waals surface area contributed by atoms with E-state index in [2.05, 4.69) is 24.3 Å². The van der Waals surface area contributed by atoms with Gasteiger partial charge in [0.25, 0.3) is 0 Å². The highest BCUT2D eigenvalue weighted by molar-refractivity contribution is 6.23. The molecule has 9 rings (SSSR count). The fourth-order valence-electron chi connectivity index (χ4n) is 8.01. The van der Waals surface area contributed by atoms with Crippen molar-refractivity contribution in [3.63, 3.8) is 0 Å². The molecule has 0 radical (unpaired) electrons. The summed E-state index contributed by atoms with van der Waals surface area (Å²) in [5.41, 5.74) is 6.24. The van der Waals surface area contributed by atoms with Crippen molar-refractivity contribution < 1.29 is 28.7 Å². The Morgan fingerprint density at radius 3 is 1.84 bits per heavy atom. The molecule has 3 aliphatic carbocycles. The summed E-state index contributed by atoms with van der Waals surface area (Å²) in [5.74, 6) is -2.21. The van der Waals surface area contributed by atoms with Gasteiger partial charge in [-0.15, -0.1) is 0 Å². The number of rotatable bonds is 5. The molecule has 2 bridgehead atoms. The molecule has 0 N–H and O–H groups in total. The number of carbonyl (C=O) groups is 4. The highest BCUT2D eigenvalue weighted by atomic mass is 16.5. The second-order valence-corrected chi connectivity index (χ2v) is 12.2. The largest absolute Gasteiger partial charge is 0.495 e. The van der Waals surface area contributed by atoms with Gasteiger partial charge in [-0.1, -0.05) is 60.7 Å². The zero-order valence-corrected chi connectivity index (χ0v) is 24.8. The third-order valence-corrected chi connectivity index (χ3v) is 9.91. The van der Waals surface area contributed by atoms with Crippen LogP contribution < -0.4 is 19.3 Å². The second-order valence-electron chi connectivity index (χ2n) is 12.2. The Labute approximate surface area is 260 Å². The Balaban J connectivity index is 1.04. The lowest BCUT2D eigenvalue weighted by Crippen LogP contribution is -2.41. The maximum atomic E-state index is 14.1. The van der Waals surface area contributed by atoms with E-state index >= 15 is 0 Å². The maximum Gasteiger partial charge on any atom is 0.316 e. The first-order chi connectivity index (χ1) is 21.9. The number of methoxy groups -OCH3 is 1. The molecule has 5 aliphatic rings. The topological polar surface area (TPSA) is 93.2 Å². The number of anilines is 2. The van der Waals surface area contributed by atoms with E-state index in [9.17, 15) is 19.2 Å². The molecule has 4 aromatic carbocycles. The van der Waals surface area contributed by atoms with Gasteiger partial charge in [0.2, 0.25) is 17.7 Å². The number of nitrogens with zero attached hydrogens (tertiary/aromatic N) is 2. The Hall–Kier alpha value is -5.24. The average Bonchev–Trinajstić information content (AvgIpc) is 3.58. The SMILES string of the molecule is COc1ccccc1N1C[C@H](C(=O)Oc2ccc(N3C(=O)[C@H]4C5c6ccccc6C(c6ccccc65)[C@@H]4C3=O)c(C)c2)CC1=O. The predicted molar refractivity (Wildman–Crippen MR) is 166 cm³/mol. The summed E-state index contributed by atoms with van der Waals surface area (Å²) >= 11 is 0. The van der Waals surface area contributed by atoms with Crippen LogP contribution in [-0.2, 0) is 19.2 Å². The van der Waals surface area contributed by atoms with E-state index < -0.39 is 23.7 Å². The average molecular weight is 599 g/mol. The summed E-state index contributed by atoms with van der Waals surface area (Å²) in [6, 6.07) is 28.5. The van der Waals surface area contributed by atoms with Gasteiger partial charge in [-0.2, -0.15) is 0 Å².